The Kier molecular flexibility index (Phi) is 6.63. The van der Waals surface area contributed by atoms with E-state index in [1.807, 2.05) is 36.7 Å². The number of likely N-dealkylation sites (tertiary alicyclic amines) is 1. The Labute approximate surface area is 203 Å². The average Bonchev–Trinajstić information content (AvgIpc) is 3.56. The molecule has 0 bridgehead atoms. The molecule has 0 spiro atoms. The number of aromatic nitrogens is 3. The maximum atomic E-state index is 14.5. The van der Waals surface area contributed by atoms with Gasteiger partial charge in [-0.15, -0.1) is 0 Å². The standard InChI is InChI=1S/C27H28FN5O2/c1-35-22-8-6-7-20(17-22)19-31-15-11-21(12-16-31)30-26(34)23-18-29-33(25-10-3-2-9-24(25)28)27(23)32-13-4-5-14-32/h2-10,13-14,17-18,21H,11-12,15-16,19H2,1H3,(H,30,34). The van der Waals surface area contributed by atoms with Crippen LogP contribution in [0.15, 0.2) is 79.3 Å². The lowest BCUT2D eigenvalue weighted by Crippen LogP contribution is -2.44. The topological polar surface area (TPSA) is 64.3 Å². The minimum Gasteiger partial charge on any atom is -0.497 e. The van der Waals surface area contributed by atoms with Gasteiger partial charge in [0, 0.05) is 38.1 Å². The maximum absolute atomic E-state index is 14.5. The highest BCUT2D eigenvalue weighted by Crippen LogP contribution is 2.23. The number of methoxy groups -OCH3 is 1. The van der Waals surface area contributed by atoms with E-state index in [-0.39, 0.29) is 11.9 Å². The van der Waals surface area contributed by atoms with Crippen molar-refractivity contribution in [2.45, 2.75) is 25.4 Å². The number of rotatable bonds is 7. The number of carbonyl (C=O) groups excluding carboxylic acids is 1. The van der Waals surface area contributed by atoms with E-state index in [1.54, 1.807) is 29.9 Å². The van der Waals surface area contributed by atoms with Crippen LogP contribution in [-0.2, 0) is 6.54 Å². The molecular formula is C27H28FN5O2. The summed E-state index contributed by atoms with van der Waals surface area (Å²) in [6.45, 7) is 2.63. The molecule has 3 heterocycles. The zero-order chi connectivity index (χ0) is 24.2. The van der Waals surface area contributed by atoms with Gasteiger partial charge in [-0.25, -0.2) is 9.07 Å². The molecule has 8 heteroatoms. The summed E-state index contributed by atoms with van der Waals surface area (Å²) in [5, 5.41) is 7.54. The van der Waals surface area contributed by atoms with E-state index in [9.17, 15) is 9.18 Å². The van der Waals surface area contributed by atoms with Crippen LogP contribution in [0.4, 0.5) is 4.39 Å². The monoisotopic (exact) mass is 473 g/mol. The van der Waals surface area contributed by atoms with Crippen molar-refractivity contribution in [3.05, 3.63) is 96.2 Å². The normalized spacial score (nSPS) is 14.7. The third-order valence-corrected chi connectivity index (χ3v) is 6.38. The van der Waals surface area contributed by atoms with E-state index >= 15 is 0 Å². The molecule has 2 aromatic heterocycles. The second-order valence-corrected chi connectivity index (χ2v) is 8.71. The van der Waals surface area contributed by atoms with Crippen molar-refractivity contribution in [1.29, 1.82) is 0 Å². The molecule has 180 valence electrons. The summed E-state index contributed by atoms with van der Waals surface area (Å²) >= 11 is 0. The Hall–Kier alpha value is -3.91. The van der Waals surface area contributed by atoms with Crippen LogP contribution in [0.3, 0.4) is 0 Å². The van der Waals surface area contributed by atoms with E-state index in [0.29, 0.717) is 17.1 Å². The molecule has 0 radical (unpaired) electrons. The highest BCUT2D eigenvalue weighted by atomic mass is 19.1. The zero-order valence-corrected chi connectivity index (χ0v) is 19.6. The lowest BCUT2D eigenvalue weighted by atomic mass is 10.0. The molecule has 1 aliphatic heterocycles. The molecule has 7 nitrogen and oxygen atoms in total. The Bertz CT molecular complexity index is 1290. The molecule has 4 aromatic rings. The number of ether oxygens (including phenoxy) is 1. The molecule has 0 unspecified atom stereocenters. The summed E-state index contributed by atoms with van der Waals surface area (Å²) in [7, 11) is 1.68. The van der Waals surface area contributed by atoms with Gasteiger partial charge in [-0.05, 0) is 54.8 Å². The van der Waals surface area contributed by atoms with Crippen molar-refractivity contribution < 1.29 is 13.9 Å². The van der Waals surface area contributed by atoms with E-state index in [2.05, 4.69) is 27.4 Å². The van der Waals surface area contributed by atoms with Gasteiger partial charge < -0.3 is 14.6 Å². The number of hydrogen-bond donors (Lipinski definition) is 1. The summed E-state index contributed by atoms with van der Waals surface area (Å²) in [5.74, 6) is 0.758. The quantitative estimate of drug-likeness (QED) is 0.437. The number of nitrogens with zero attached hydrogens (tertiary/aromatic N) is 4. The molecule has 2 aromatic carbocycles. The summed E-state index contributed by atoms with van der Waals surface area (Å²) in [5.41, 5.74) is 1.91. The fourth-order valence-electron chi connectivity index (χ4n) is 4.55. The average molecular weight is 474 g/mol. The molecule has 1 amide bonds. The van der Waals surface area contributed by atoms with Crippen molar-refractivity contribution >= 4 is 5.91 Å². The first-order valence-electron chi connectivity index (χ1n) is 11.7. The van der Waals surface area contributed by atoms with Gasteiger partial charge in [-0.2, -0.15) is 5.10 Å². The molecule has 1 aliphatic rings. The molecule has 1 N–H and O–H groups in total. The van der Waals surface area contributed by atoms with E-state index < -0.39 is 5.82 Å². The first-order valence-corrected chi connectivity index (χ1v) is 11.7. The summed E-state index contributed by atoms with van der Waals surface area (Å²) in [6.07, 6.45) is 6.87. The van der Waals surface area contributed by atoms with Gasteiger partial charge in [0.1, 0.15) is 22.8 Å². The highest BCUT2D eigenvalue weighted by Gasteiger charge is 2.25. The minimum absolute atomic E-state index is 0.0679. The fourth-order valence-corrected chi connectivity index (χ4v) is 4.55. The van der Waals surface area contributed by atoms with Crippen LogP contribution in [0, 0.1) is 5.82 Å². The molecule has 0 aliphatic carbocycles. The van der Waals surface area contributed by atoms with Crippen LogP contribution in [0.1, 0.15) is 28.8 Å². The molecule has 0 atom stereocenters. The van der Waals surface area contributed by atoms with E-state index in [1.165, 1.54) is 22.5 Å². The Morgan fingerprint density at radius 2 is 1.86 bits per heavy atom. The third-order valence-electron chi connectivity index (χ3n) is 6.38. The summed E-state index contributed by atoms with van der Waals surface area (Å²) < 4.78 is 23.1. The molecule has 0 saturated carbocycles. The van der Waals surface area contributed by atoms with E-state index in [4.69, 9.17) is 4.74 Å². The van der Waals surface area contributed by atoms with Gasteiger partial charge in [0.05, 0.1) is 13.3 Å². The first kappa shape index (κ1) is 22.9. The van der Waals surface area contributed by atoms with Gasteiger partial charge in [-0.3, -0.25) is 9.69 Å². The zero-order valence-electron chi connectivity index (χ0n) is 19.6. The Morgan fingerprint density at radius 1 is 1.09 bits per heavy atom. The van der Waals surface area contributed by atoms with Crippen LogP contribution < -0.4 is 10.1 Å². The van der Waals surface area contributed by atoms with Crippen molar-refractivity contribution in [3.8, 4) is 17.3 Å². The molecule has 1 saturated heterocycles. The number of hydrogen-bond acceptors (Lipinski definition) is 4. The lowest BCUT2D eigenvalue weighted by molar-refractivity contribution is 0.0909. The predicted octanol–water partition coefficient (Wildman–Crippen LogP) is 4.21. The summed E-state index contributed by atoms with van der Waals surface area (Å²) in [4.78, 5) is 15.7. The Balaban J connectivity index is 1.28. The Morgan fingerprint density at radius 3 is 2.60 bits per heavy atom. The van der Waals surface area contributed by atoms with Gasteiger partial charge in [0.15, 0.2) is 5.82 Å². The number of piperidine rings is 1. The number of benzene rings is 2. The number of nitrogens with one attached hydrogen (secondary N) is 1. The molecular weight excluding hydrogens is 445 g/mol. The molecule has 5 rings (SSSR count). The second-order valence-electron chi connectivity index (χ2n) is 8.71. The third kappa shape index (κ3) is 4.97. The SMILES string of the molecule is COc1cccc(CN2CCC(NC(=O)c3cnn(-c4ccccc4F)c3-n3cccc3)CC2)c1. The highest BCUT2D eigenvalue weighted by molar-refractivity contribution is 5.97. The van der Waals surface area contributed by atoms with Crippen molar-refractivity contribution in [2.24, 2.45) is 0 Å². The maximum Gasteiger partial charge on any atom is 0.256 e. The van der Waals surface area contributed by atoms with Crippen LogP contribution in [-0.4, -0.2) is 51.4 Å². The predicted molar refractivity (Wildman–Crippen MR) is 132 cm³/mol. The smallest absolute Gasteiger partial charge is 0.256 e. The second kappa shape index (κ2) is 10.1. The first-order chi connectivity index (χ1) is 17.1. The minimum atomic E-state index is -0.403. The van der Waals surface area contributed by atoms with Crippen molar-refractivity contribution in [3.63, 3.8) is 0 Å². The van der Waals surface area contributed by atoms with Crippen LogP contribution in [0.25, 0.3) is 11.5 Å². The molecule has 35 heavy (non-hydrogen) atoms. The van der Waals surface area contributed by atoms with Gasteiger partial charge in [0.2, 0.25) is 0 Å². The van der Waals surface area contributed by atoms with Crippen LogP contribution >= 0.6 is 0 Å². The van der Waals surface area contributed by atoms with E-state index in [0.717, 1.165) is 38.2 Å². The van der Waals surface area contributed by atoms with Crippen molar-refractivity contribution in [1.82, 2.24) is 24.6 Å². The number of para-hydroxylation sites is 1. The van der Waals surface area contributed by atoms with Gasteiger partial charge >= 0.3 is 0 Å². The molecule has 1 fully saturated rings. The lowest BCUT2D eigenvalue weighted by Gasteiger charge is -2.32. The number of halogens is 1. The van der Waals surface area contributed by atoms with Crippen LogP contribution in [0.5, 0.6) is 5.75 Å². The van der Waals surface area contributed by atoms with Gasteiger partial charge in [0.25, 0.3) is 5.91 Å². The van der Waals surface area contributed by atoms with Crippen molar-refractivity contribution in [2.75, 3.05) is 20.2 Å². The fraction of sp³-hybridized carbons (Fsp3) is 0.259. The van der Waals surface area contributed by atoms with Gasteiger partial charge in [-0.1, -0.05) is 24.3 Å². The largest absolute Gasteiger partial charge is 0.497 e. The summed E-state index contributed by atoms with van der Waals surface area (Å²) in [6, 6.07) is 18.3. The van der Waals surface area contributed by atoms with Crippen LogP contribution in [0.2, 0.25) is 0 Å². The number of carbonyl (C=O) groups is 1. The number of amides is 1.